The zero-order chi connectivity index (χ0) is 29.3. The third-order valence-electron chi connectivity index (χ3n) is 7.59. The average molecular weight is 584 g/mol. The quantitative estimate of drug-likeness (QED) is 0.249. The Morgan fingerprint density at radius 3 is 2.36 bits per heavy atom. The number of hydrazine groups is 1. The summed E-state index contributed by atoms with van der Waals surface area (Å²) in [6.07, 6.45) is -2.25. The highest BCUT2D eigenvalue weighted by molar-refractivity contribution is 6.29. The highest BCUT2D eigenvalue weighted by Gasteiger charge is 2.53. The van der Waals surface area contributed by atoms with Gasteiger partial charge in [-0.2, -0.15) is 13.2 Å². The highest BCUT2D eigenvalue weighted by atomic mass is 35.5. The molecule has 1 saturated carbocycles. The zero-order valence-electron chi connectivity index (χ0n) is 21.9. The van der Waals surface area contributed by atoms with Crippen LogP contribution < -0.4 is 16.1 Å². The summed E-state index contributed by atoms with van der Waals surface area (Å²) in [5.41, 5.74) is -1.33. The molecule has 5 amide bonds. The normalized spacial score (nSPS) is 26.8. The fourth-order valence-corrected chi connectivity index (χ4v) is 5.75. The molecular formula is C24H34ClF4N5O5. The number of fused-ring (bicyclic) bond motifs is 1. The van der Waals surface area contributed by atoms with Crippen molar-refractivity contribution in [3.8, 4) is 0 Å². The number of carbonyl (C=O) groups excluding carboxylic acids is 5. The van der Waals surface area contributed by atoms with E-state index in [2.05, 4.69) is 10.7 Å². The predicted octanol–water partition coefficient (Wildman–Crippen LogP) is 1.63. The van der Waals surface area contributed by atoms with Crippen LogP contribution >= 0.6 is 11.6 Å². The first-order valence-corrected chi connectivity index (χ1v) is 13.3. The van der Waals surface area contributed by atoms with Gasteiger partial charge in [0, 0.05) is 13.1 Å². The third kappa shape index (κ3) is 7.12. The zero-order valence-corrected chi connectivity index (χ0v) is 22.7. The van der Waals surface area contributed by atoms with E-state index in [1.165, 1.54) is 20.8 Å². The molecule has 3 aliphatic rings. The van der Waals surface area contributed by atoms with Crippen LogP contribution in [0, 0.1) is 23.2 Å². The summed E-state index contributed by atoms with van der Waals surface area (Å²) in [4.78, 5) is 64.8. The summed E-state index contributed by atoms with van der Waals surface area (Å²) >= 11 is 5.36. The van der Waals surface area contributed by atoms with Crippen molar-refractivity contribution in [3.63, 3.8) is 0 Å². The summed E-state index contributed by atoms with van der Waals surface area (Å²) < 4.78 is 52.9. The maximum Gasteiger partial charge on any atom is 0.471 e. The molecule has 0 aromatic rings. The van der Waals surface area contributed by atoms with Gasteiger partial charge in [-0.25, -0.2) is 9.40 Å². The number of alkyl halides is 5. The van der Waals surface area contributed by atoms with Crippen LogP contribution in [0.25, 0.3) is 0 Å². The largest absolute Gasteiger partial charge is 0.471 e. The number of likely N-dealkylation sites (tertiary alicyclic amines) is 1. The van der Waals surface area contributed by atoms with E-state index in [0.29, 0.717) is 37.2 Å². The Morgan fingerprint density at radius 1 is 1.13 bits per heavy atom. The summed E-state index contributed by atoms with van der Waals surface area (Å²) in [6.45, 7) is 4.60. The molecule has 0 aromatic carbocycles. The second-order valence-electron chi connectivity index (χ2n) is 11.4. The second kappa shape index (κ2) is 11.8. The van der Waals surface area contributed by atoms with Crippen LogP contribution in [0.2, 0.25) is 0 Å². The Labute approximate surface area is 228 Å². The Hall–Kier alpha value is -2.64. The third-order valence-corrected chi connectivity index (χ3v) is 7.77. The van der Waals surface area contributed by atoms with E-state index in [4.69, 9.17) is 11.6 Å². The number of nitrogens with one attached hydrogen (secondary N) is 3. The van der Waals surface area contributed by atoms with Crippen LogP contribution in [0.5, 0.6) is 0 Å². The molecule has 3 rings (SSSR count). The van der Waals surface area contributed by atoms with Crippen molar-refractivity contribution < 1.29 is 41.5 Å². The van der Waals surface area contributed by atoms with Gasteiger partial charge in [0.15, 0.2) is 0 Å². The van der Waals surface area contributed by atoms with Crippen molar-refractivity contribution in [1.82, 2.24) is 26.0 Å². The number of piperidine rings is 1. The lowest BCUT2D eigenvalue weighted by atomic mass is 9.85. The minimum absolute atomic E-state index is 0.0657. The maximum atomic E-state index is 13.8. The molecule has 0 bridgehead atoms. The number of hydrogen-bond acceptors (Lipinski definition) is 5. The lowest BCUT2D eigenvalue weighted by molar-refractivity contribution is -0.176. The Morgan fingerprint density at radius 2 is 1.79 bits per heavy atom. The molecule has 0 aromatic heterocycles. The summed E-state index contributed by atoms with van der Waals surface area (Å²) in [5.74, 6) is -6.91. The predicted molar refractivity (Wildman–Crippen MR) is 130 cm³/mol. The van der Waals surface area contributed by atoms with E-state index in [9.17, 15) is 41.5 Å². The summed E-state index contributed by atoms with van der Waals surface area (Å²) in [5, 5.41) is 5.04. The molecule has 2 saturated heterocycles. The first-order chi connectivity index (χ1) is 18.0. The van der Waals surface area contributed by atoms with Crippen LogP contribution in [0.4, 0.5) is 17.6 Å². The van der Waals surface area contributed by atoms with Gasteiger partial charge in [-0.3, -0.25) is 29.4 Å². The molecule has 2 heterocycles. The van der Waals surface area contributed by atoms with Gasteiger partial charge in [0.2, 0.25) is 11.8 Å². The van der Waals surface area contributed by atoms with Gasteiger partial charge in [0.25, 0.3) is 17.4 Å². The van der Waals surface area contributed by atoms with Crippen LogP contribution in [0.3, 0.4) is 0 Å². The van der Waals surface area contributed by atoms with Crippen molar-refractivity contribution in [3.05, 3.63) is 0 Å². The first-order valence-electron chi connectivity index (χ1n) is 12.9. The SMILES string of the molecule is CC(C)(C)[C@H](NC(=O)C(F)(F)F)C(=O)N1C[C@@H]2CCC[C@@H]2[C@H]1C(=O)NN(C[C@@H]1CCCNC1=O)C(=O)[C@H](F)Cl. The minimum atomic E-state index is -5.22. The van der Waals surface area contributed by atoms with Gasteiger partial charge in [0.05, 0.1) is 12.5 Å². The van der Waals surface area contributed by atoms with Gasteiger partial charge in [-0.1, -0.05) is 38.8 Å². The fraction of sp³-hybridized carbons (Fsp3) is 0.792. The monoisotopic (exact) mass is 583 g/mol. The maximum absolute atomic E-state index is 13.8. The molecule has 10 nitrogen and oxygen atoms in total. The number of halogens is 5. The van der Waals surface area contributed by atoms with Crippen molar-refractivity contribution in [2.75, 3.05) is 19.6 Å². The number of carbonyl (C=O) groups is 5. The molecule has 1 aliphatic carbocycles. The number of nitrogens with zero attached hydrogens (tertiary/aromatic N) is 2. The van der Waals surface area contributed by atoms with Gasteiger partial charge in [-0.15, -0.1) is 0 Å². The molecule has 0 spiro atoms. The molecule has 3 N–H and O–H groups in total. The van der Waals surface area contributed by atoms with E-state index < -0.39 is 58.9 Å². The van der Waals surface area contributed by atoms with Crippen LogP contribution in [-0.4, -0.2) is 83.0 Å². The summed E-state index contributed by atoms with van der Waals surface area (Å²) in [6, 6.07) is -2.80. The van der Waals surface area contributed by atoms with Gasteiger partial charge < -0.3 is 15.5 Å². The lowest BCUT2D eigenvalue weighted by Crippen LogP contribution is -2.62. The van der Waals surface area contributed by atoms with Crippen LogP contribution in [-0.2, 0) is 24.0 Å². The van der Waals surface area contributed by atoms with Crippen LogP contribution in [0.1, 0.15) is 52.9 Å². The average Bonchev–Trinajstić information content (AvgIpc) is 3.42. The number of rotatable bonds is 6. The first kappa shape index (κ1) is 30.9. The van der Waals surface area contributed by atoms with Crippen molar-refractivity contribution in [2.24, 2.45) is 23.2 Å². The van der Waals surface area contributed by atoms with E-state index in [1.807, 2.05) is 0 Å². The minimum Gasteiger partial charge on any atom is -0.356 e. The highest BCUT2D eigenvalue weighted by Crippen LogP contribution is 2.43. The molecule has 3 fully saturated rings. The topological polar surface area (TPSA) is 128 Å². The Bertz CT molecular complexity index is 989. The second-order valence-corrected chi connectivity index (χ2v) is 11.8. The molecule has 2 aliphatic heterocycles. The smallest absolute Gasteiger partial charge is 0.356 e. The molecule has 220 valence electrons. The van der Waals surface area contributed by atoms with E-state index >= 15 is 0 Å². The summed E-state index contributed by atoms with van der Waals surface area (Å²) in [7, 11) is 0. The van der Waals surface area contributed by atoms with Crippen molar-refractivity contribution in [2.45, 2.75) is 76.8 Å². The van der Waals surface area contributed by atoms with E-state index in [0.717, 1.165) is 11.3 Å². The van der Waals surface area contributed by atoms with Gasteiger partial charge in [0.1, 0.15) is 12.1 Å². The van der Waals surface area contributed by atoms with Crippen LogP contribution in [0.15, 0.2) is 0 Å². The standard InChI is InChI=1S/C24H34ClF4N5O5/c1-23(2,3)16(31-22(39)24(27,28)29)20(37)33-10-12-6-4-8-14(12)15(33)19(36)32-34(21(38)17(25)26)11-13-7-5-9-30-18(13)35/h12-17H,4-11H2,1-3H3,(H,30,35)(H,31,39)(H,32,36)/t12-,13-,14-,15-,16+,17-/m0/s1. The van der Waals surface area contributed by atoms with Gasteiger partial charge >= 0.3 is 12.1 Å². The van der Waals surface area contributed by atoms with E-state index in [-0.39, 0.29) is 30.8 Å². The molecule has 6 atom stereocenters. The van der Waals surface area contributed by atoms with Crippen molar-refractivity contribution >= 4 is 41.1 Å². The molecule has 15 heteroatoms. The van der Waals surface area contributed by atoms with E-state index in [1.54, 1.807) is 5.32 Å². The molecule has 39 heavy (non-hydrogen) atoms. The fourth-order valence-electron chi connectivity index (χ4n) is 5.63. The number of hydrogen-bond donors (Lipinski definition) is 3. The molecular weight excluding hydrogens is 550 g/mol. The van der Waals surface area contributed by atoms with Crippen molar-refractivity contribution in [1.29, 1.82) is 0 Å². The Kier molecular flexibility index (Phi) is 9.39. The molecule has 0 radical (unpaired) electrons. The Balaban J connectivity index is 1.87. The number of amides is 5. The molecule has 0 unspecified atom stereocenters. The van der Waals surface area contributed by atoms with Gasteiger partial charge in [-0.05, 0) is 42.9 Å². The lowest BCUT2D eigenvalue weighted by Gasteiger charge is -2.37.